The molecule has 1 heterocycles. The average molecular weight is 212 g/mol. The molecule has 0 aliphatic carbocycles. The SMILES string of the molecule is COCc1cc(C(C)C)sc1C(C)C. The van der Waals surface area contributed by atoms with E-state index in [-0.39, 0.29) is 0 Å². The third-order valence-electron chi connectivity index (χ3n) is 2.25. The molecule has 1 aromatic heterocycles. The Balaban J connectivity index is 2.99. The molecule has 0 saturated carbocycles. The van der Waals surface area contributed by atoms with Crippen LogP contribution >= 0.6 is 11.3 Å². The van der Waals surface area contributed by atoms with Gasteiger partial charge in [0, 0.05) is 16.9 Å². The van der Waals surface area contributed by atoms with Gasteiger partial charge in [0.25, 0.3) is 0 Å². The molecule has 0 bridgehead atoms. The van der Waals surface area contributed by atoms with Gasteiger partial charge in [0.15, 0.2) is 0 Å². The maximum Gasteiger partial charge on any atom is 0.0724 e. The lowest BCUT2D eigenvalue weighted by atomic mass is 10.1. The number of hydrogen-bond donors (Lipinski definition) is 0. The van der Waals surface area contributed by atoms with E-state index >= 15 is 0 Å². The van der Waals surface area contributed by atoms with E-state index in [4.69, 9.17) is 4.74 Å². The summed E-state index contributed by atoms with van der Waals surface area (Å²) in [5, 5.41) is 0. The minimum atomic E-state index is 0.609. The fraction of sp³-hybridized carbons (Fsp3) is 0.667. The molecule has 0 aromatic carbocycles. The van der Waals surface area contributed by atoms with Crippen LogP contribution in [0.5, 0.6) is 0 Å². The highest BCUT2D eigenvalue weighted by Crippen LogP contribution is 2.33. The smallest absolute Gasteiger partial charge is 0.0724 e. The van der Waals surface area contributed by atoms with Crippen molar-refractivity contribution >= 4 is 11.3 Å². The molecule has 14 heavy (non-hydrogen) atoms. The lowest BCUT2D eigenvalue weighted by Crippen LogP contribution is -1.91. The molecule has 2 heteroatoms. The van der Waals surface area contributed by atoms with E-state index in [1.807, 2.05) is 11.3 Å². The molecule has 0 atom stereocenters. The molecule has 1 aromatic rings. The van der Waals surface area contributed by atoms with Crippen molar-refractivity contribution in [1.29, 1.82) is 0 Å². The number of thiophene rings is 1. The van der Waals surface area contributed by atoms with Crippen LogP contribution in [0.1, 0.15) is 54.8 Å². The van der Waals surface area contributed by atoms with Crippen molar-refractivity contribution in [2.45, 2.75) is 46.1 Å². The molecule has 0 fully saturated rings. The van der Waals surface area contributed by atoms with Crippen LogP contribution in [0.2, 0.25) is 0 Å². The van der Waals surface area contributed by atoms with Gasteiger partial charge >= 0.3 is 0 Å². The molecule has 1 nitrogen and oxygen atoms in total. The summed E-state index contributed by atoms with van der Waals surface area (Å²) in [5.41, 5.74) is 1.37. The summed E-state index contributed by atoms with van der Waals surface area (Å²) in [6.45, 7) is 9.72. The molecule has 0 unspecified atom stereocenters. The first-order chi connectivity index (χ1) is 6.56. The van der Waals surface area contributed by atoms with Gasteiger partial charge in [-0.2, -0.15) is 0 Å². The van der Waals surface area contributed by atoms with Crippen molar-refractivity contribution in [3.8, 4) is 0 Å². The van der Waals surface area contributed by atoms with Gasteiger partial charge in [-0.05, 0) is 23.5 Å². The maximum atomic E-state index is 5.22. The zero-order valence-corrected chi connectivity index (χ0v) is 10.6. The number of hydrogen-bond acceptors (Lipinski definition) is 2. The second kappa shape index (κ2) is 4.94. The van der Waals surface area contributed by atoms with Crippen LogP contribution in [-0.4, -0.2) is 7.11 Å². The van der Waals surface area contributed by atoms with Crippen molar-refractivity contribution in [2.24, 2.45) is 0 Å². The van der Waals surface area contributed by atoms with Crippen molar-refractivity contribution in [3.63, 3.8) is 0 Å². The molecule has 0 spiro atoms. The fourth-order valence-corrected chi connectivity index (χ4v) is 2.68. The van der Waals surface area contributed by atoms with Gasteiger partial charge in [0.1, 0.15) is 0 Å². The second-order valence-electron chi connectivity index (χ2n) is 4.28. The molecule has 0 amide bonds. The van der Waals surface area contributed by atoms with Crippen LogP contribution in [0, 0.1) is 0 Å². The van der Waals surface area contributed by atoms with Crippen molar-refractivity contribution < 1.29 is 4.74 Å². The fourth-order valence-electron chi connectivity index (χ4n) is 1.51. The van der Waals surface area contributed by atoms with Gasteiger partial charge in [-0.1, -0.05) is 27.7 Å². The first-order valence-electron chi connectivity index (χ1n) is 5.17. The molecule has 0 N–H and O–H groups in total. The van der Waals surface area contributed by atoms with Crippen molar-refractivity contribution in [3.05, 3.63) is 21.4 Å². The van der Waals surface area contributed by atoms with E-state index < -0.39 is 0 Å². The quantitative estimate of drug-likeness (QED) is 0.729. The Labute approximate surface area is 91.1 Å². The van der Waals surface area contributed by atoms with Crippen LogP contribution in [0.3, 0.4) is 0 Å². The highest BCUT2D eigenvalue weighted by molar-refractivity contribution is 7.12. The minimum absolute atomic E-state index is 0.609. The summed E-state index contributed by atoms with van der Waals surface area (Å²) >= 11 is 1.94. The Kier molecular flexibility index (Phi) is 4.14. The third kappa shape index (κ3) is 2.58. The first kappa shape index (κ1) is 11.7. The van der Waals surface area contributed by atoms with E-state index in [0.717, 1.165) is 6.61 Å². The van der Waals surface area contributed by atoms with Gasteiger partial charge in [-0.15, -0.1) is 11.3 Å². The minimum Gasteiger partial charge on any atom is -0.380 e. The molecule has 0 radical (unpaired) electrons. The number of methoxy groups -OCH3 is 1. The maximum absolute atomic E-state index is 5.22. The highest BCUT2D eigenvalue weighted by Gasteiger charge is 2.13. The van der Waals surface area contributed by atoms with E-state index in [2.05, 4.69) is 33.8 Å². The Morgan fingerprint density at radius 2 is 1.86 bits per heavy atom. The second-order valence-corrected chi connectivity index (χ2v) is 5.40. The first-order valence-corrected chi connectivity index (χ1v) is 5.99. The average Bonchev–Trinajstić information content (AvgIpc) is 2.49. The molecule has 0 saturated heterocycles. The molecule has 1 rings (SSSR count). The van der Waals surface area contributed by atoms with Crippen molar-refractivity contribution in [2.75, 3.05) is 7.11 Å². The molecule has 0 aliphatic heterocycles. The Morgan fingerprint density at radius 1 is 1.21 bits per heavy atom. The standard InChI is InChI=1S/C12H20OS/c1-8(2)11-6-10(7-13-5)12(14-11)9(3)4/h6,8-9H,7H2,1-5H3. The zero-order chi connectivity index (χ0) is 10.7. The summed E-state index contributed by atoms with van der Waals surface area (Å²) in [5.74, 6) is 1.24. The van der Waals surface area contributed by atoms with Crippen LogP contribution in [0.4, 0.5) is 0 Å². The monoisotopic (exact) mass is 212 g/mol. The Hall–Kier alpha value is -0.340. The van der Waals surface area contributed by atoms with Crippen LogP contribution in [-0.2, 0) is 11.3 Å². The molecular weight excluding hydrogens is 192 g/mol. The summed E-state index contributed by atoms with van der Waals surface area (Å²) in [6, 6.07) is 2.30. The Morgan fingerprint density at radius 3 is 2.29 bits per heavy atom. The van der Waals surface area contributed by atoms with E-state index in [9.17, 15) is 0 Å². The molecule has 80 valence electrons. The topological polar surface area (TPSA) is 9.23 Å². The van der Waals surface area contributed by atoms with Crippen LogP contribution < -0.4 is 0 Å². The summed E-state index contributed by atoms with van der Waals surface area (Å²) in [4.78, 5) is 2.95. The lowest BCUT2D eigenvalue weighted by Gasteiger charge is -2.04. The Bertz CT molecular complexity index is 287. The number of rotatable bonds is 4. The van der Waals surface area contributed by atoms with Crippen molar-refractivity contribution in [1.82, 2.24) is 0 Å². The van der Waals surface area contributed by atoms with Crippen LogP contribution in [0.15, 0.2) is 6.07 Å². The zero-order valence-electron chi connectivity index (χ0n) is 9.76. The largest absolute Gasteiger partial charge is 0.380 e. The summed E-state index contributed by atoms with van der Waals surface area (Å²) in [7, 11) is 1.76. The van der Waals surface area contributed by atoms with Gasteiger partial charge in [0.2, 0.25) is 0 Å². The highest BCUT2D eigenvalue weighted by atomic mass is 32.1. The predicted octanol–water partition coefficient (Wildman–Crippen LogP) is 4.14. The van der Waals surface area contributed by atoms with E-state index in [1.165, 1.54) is 15.3 Å². The summed E-state index contributed by atoms with van der Waals surface area (Å²) in [6.07, 6.45) is 0. The third-order valence-corrected chi connectivity index (χ3v) is 4.03. The lowest BCUT2D eigenvalue weighted by molar-refractivity contribution is 0.184. The van der Waals surface area contributed by atoms with Gasteiger partial charge in [-0.3, -0.25) is 0 Å². The van der Waals surface area contributed by atoms with Gasteiger partial charge in [-0.25, -0.2) is 0 Å². The van der Waals surface area contributed by atoms with E-state index in [1.54, 1.807) is 7.11 Å². The molecular formula is C12H20OS. The summed E-state index contributed by atoms with van der Waals surface area (Å²) < 4.78 is 5.22. The number of ether oxygens (including phenoxy) is 1. The van der Waals surface area contributed by atoms with Gasteiger partial charge in [0.05, 0.1) is 6.61 Å². The predicted molar refractivity (Wildman–Crippen MR) is 63.2 cm³/mol. The van der Waals surface area contributed by atoms with E-state index in [0.29, 0.717) is 11.8 Å². The molecule has 0 aliphatic rings. The van der Waals surface area contributed by atoms with Crippen LogP contribution in [0.25, 0.3) is 0 Å². The van der Waals surface area contributed by atoms with Gasteiger partial charge < -0.3 is 4.74 Å². The normalized spacial score (nSPS) is 11.6.